The summed E-state index contributed by atoms with van der Waals surface area (Å²) in [6.45, 7) is 0. The number of carbonyl (C=O) groups is 2. The summed E-state index contributed by atoms with van der Waals surface area (Å²) in [6, 6.07) is 14.4. The van der Waals surface area contributed by atoms with Gasteiger partial charge in [0, 0.05) is 15.6 Å². The summed E-state index contributed by atoms with van der Waals surface area (Å²) in [6.07, 6.45) is 0. The van der Waals surface area contributed by atoms with Crippen LogP contribution in [-0.4, -0.2) is 31.0 Å². The zero-order valence-corrected chi connectivity index (χ0v) is 18.2. The molecule has 1 N–H and O–H groups in total. The summed E-state index contributed by atoms with van der Waals surface area (Å²) in [5.74, 6) is -1.25. The van der Waals surface area contributed by atoms with Crippen molar-refractivity contribution in [1.29, 1.82) is 0 Å². The predicted octanol–water partition coefficient (Wildman–Crippen LogP) is 5.05. The summed E-state index contributed by atoms with van der Waals surface area (Å²) in [5.41, 5.74) is 0.671. The zero-order valence-electron chi connectivity index (χ0n) is 16.7. The van der Waals surface area contributed by atoms with Crippen LogP contribution in [0.25, 0.3) is 5.76 Å². The van der Waals surface area contributed by atoms with Crippen molar-refractivity contribution in [1.82, 2.24) is 0 Å². The Bertz CT molecular complexity index is 1150. The SMILES string of the molecule is COc1cccc(OC)c1/C(O)=C1\C(=O)C(=O)N(c2ccc(Cl)cc2)C1c1cccs1. The van der Waals surface area contributed by atoms with Gasteiger partial charge in [-0.1, -0.05) is 23.7 Å². The molecule has 1 atom stereocenters. The van der Waals surface area contributed by atoms with E-state index in [0.717, 1.165) is 4.88 Å². The molecular formula is C23H18ClNO5S. The van der Waals surface area contributed by atoms with Crippen molar-refractivity contribution in [2.75, 3.05) is 19.1 Å². The van der Waals surface area contributed by atoms with Gasteiger partial charge in [-0.2, -0.15) is 0 Å². The molecule has 1 aromatic heterocycles. The molecule has 158 valence electrons. The molecule has 0 aliphatic carbocycles. The molecule has 2 heterocycles. The molecule has 1 saturated heterocycles. The topological polar surface area (TPSA) is 76.1 Å². The first-order chi connectivity index (χ1) is 15.0. The molecule has 31 heavy (non-hydrogen) atoms. The van der Waals surface area contributed by atoms with E-state index in [1.54, 1.807) is 42.5 Å². The van der Waals surface area contributed by atoms with Gasteiger partial charge in [0.15, 0.2) is 0 Å². The predicted molar refractivity (Wildman–Crippen MR) is 120 cm³/mol. The Hall–Kier alpha value is -3.29. The first-order valence-electron chi connectivity index (χ1n) is 9.29. The Labute approximate surface area is 187 Å². The number of ether oxygens (including phenoxy) is 2. The van der Waals surface area contributed by atoms with Crippen LogP contribution in [0.1, 0.15) is 16.5 Å². The molecule has 3 aromatic rings. The van der Waals surface area contributed by atoms with Crippen LogP contribution in [0.2, 0.25) is 5.02 Å². The lowest BCUT2D eigenvalue weighted by molar-refractivity contribution is -0.132. The molecule has 0 radical (unpaired) electrons. The van der Waals surface area contributed by atoms with Gasteiger partial charge in [-0.15, -0.1) is 11.3 Å². The maximum Gasteiger partial charge on any atom is 0.300 e. The number of hydrogen-bond donors (Lipinski definition) is 1. The Balaban J connectivity index is 1.98. The van der Waals surface area contributed by atoms with Crippen LogP contribution in [0.5, 0.6) is 11.5 Å². The van der Waals surface area contributed by atoms with E-state index in [1.807, 2.05) is 17.5 Å². The maximum absolute atomic E-state index is 13.2. The molecule has 0 bridgehead atoms. The number of anilines is 1. The Morgan fingerprint density at radius 2 is 1.65 bits per heavy atom. The third-order valence-corrected chi connectivity index (χ3v) is 6.20. The van der Waals surface area contributed by atoms with E-state index in [-0.39, 0.29) is 16.9 Å². The number of halogens is 1. The fraction of sp³-hybridized carbons (Fsp3) is 0.130. The van der Waals surface area contributed by atoms with Crippen molar-refractivity contribution < 1.29 is 24.2 Å². The number of benzene rings is 2. The van der Waals surface area contributed by atoms with Gasteiger partial charge >= 0.3 is 0 Å². The van der Waals surface area contributed by atoms with E-state index < -0.39 is 17.7 Å². The Morgan fingerprint density at radius 3 is 2.19 bits per heavy atom. The van der Waals surface area contributed by atoms with E-state index in [0.29, 0.717) is 22.2 Å². The van der Waals surface area contributed by atoms with Crippen molar-refractivity contribution in [3.05, 3.63) is 81.0 Å². The lowest BCUT2D eigenvalue weighted by Crippen LogP contribution is -2.29. The van der Waals surface area contributed by atoms with Gasteiger partial charge in [-0.25, -0.2) is 0 Å². The summed E-state index contributed by atoms with van der Waals surface area (Å²) < 4.78 is 10.8. The molecule has 1 fully saturated rings. The summed E-state index contributed by atoms with van der Waals surface area (Å²) in [7, 11) is 2.91. The van der Waals surface area contributed by atoms with E-state index in [2.05, 4.69) is 0 Å². The summed E-state index contributed by atoms with van der Waals surface area (Å²) >= 11 is 7.38. The highest BCUT2D eigenvalue weighted by Gasteiger charge is 2.48. The number of amides is 1. The smallest absolute Gasteiger partial charge is 0.300 e. The molecule has 8 heteroatoms. The highest BCUT2D eigenvalue weighted by Crippen LogP contribution is 2.46. The molecule has 0 spiro atoms. The first-order valence-corrected chi connectivity index (χ1v) is 10.5. The van der Waals surface area contributed by atoms with Crippen molar-refractivity contribution in [3.8, 4) is 11.5 Å². The van der Waals surface area contributed by atoms with Gasteiger partial charge in [0.1, 0.15) is 28.9 Å². The second kappa shape index (κ2) is 8.45. The third kappa shape index (κ3) is 3.56. The minimum absolute atomic E-state index is 0.0369. The minimum atomic E-state index is -0.809. The lowest BCUT2D eigenvalue weighted by Gasteiger charge is -2.24. The van der Waals surface area contributed by atoms with Crippen LogP contribution in [0.4, 0.5) is 5.69 Å². The number of aliphatic hydroxyl groups excluding tert-OH is 1. The highest BCUT2D eigenvalue weighted by atomic mass is 35.5. The molecule has 0 saturated carbocycles. The van der Waals surface area contributed by atoms with E-state index in [9.17, 15) is 14.7 Å². The van der Waals surface area contributed by atoms with Crippen molar-refractivity contribution >= 4 is 46.1 Å². The molecule has 1 aliphatic rings. The standard InChI is InChI=1S/C23H18ClNO5S/c1-29-15-5-3-6-16(30-2)18(15)21(26)19-20(17-7-4-12-31-17)25(23(28)22(19)27)14-10-8-13(24)9-11-14/h3-12,20,26H,1-2H3/b21-19+. The average molecular weight is 456 g/mol. The van der Waals surface area contributed by atoms with Gasteiger partial charge < -0.3 is 14.6 Å². The second-order valence-electron chi connectivity index (χ2n) is 6.70. The normalized spacial score (nSPS) is 17.8. The maximum atomic E-state index is 13.2. The van der Waals surface area contributed by atoms with E-state index in [1.165, 1.54) is 30.5 Å². The van der Waals surface area contributed by atoms with Crippen molar-refractivity contribution in [2.45, 2.75) is 6.04 Å². The monoisotopic (exact) mass is 455 g/mol. The number of Topliss-reactive ketones (excluding diaryl/α,β-unsaturated/α-hetero) is 1. The number of nitrogens with zero attached hydrogens (tertiary/aromatic N) is 1. The number of ketones is 1. The van der Waals surface area contributed by atoms with Crippen LogP contribution in [-0.2, 0) is 9.59 Å². The number of aliphatic hydroxyl groups is 1. The molecule has 4 rings (SSSR count). The molecule has 1 aliphatic heterocycles. The molecule has 1 unspecified atom stereocenters. The largest absolute Gasteiger partial charge is 0.506 e. The van der Waals surface area contributed by atoms with Crippen LogP contribution < -0.4 is 14.4 Å². The molecular weight excluding hydrogens is 438 g/mol. The van der Waals surface area contributed by atoms with Gasteiger partial charge in [0.25, 0.3) is 11.7 Å². The number of rotatable bonds is 5. The van der Waals surface area contributed by atoms with Gasteiger partial charge in [0.2, 0.25) is 0 Å². The van der Waals surface area contributed by atoms with Crippen LogP contribution in [0.15, 0.2) is 65.6 Å². The van der Waals surface area contributed by atoms with Crippen LogP contribution in [0.3, 0.4) is 0 Å². The zero-order chi connectivity index (χ0) is 22.1. The van der Waals surface area contributed by atoms with Gasteiger partial charge in [-0.05, 0) is 47.8 Å². The van der Waals surface area contributed by atoms with Gasteiger partial charge in [-0.3, -0.25) is 14.5 Å². The number of hydrogen-bond acceptors (Lipinski definition) is 6. The Kier molecular flexibility index (Phi) is 5.71. The minimum Gasteiger partial charge on any atom is -0.506 e. The van der Waals surface area contributed by atoms with Crippen LogP contribution >= 0.6 is 22.9 Å². The van der Waals surface area contributed by atoms with Gasteiger partial charge in [0.05, 0.1) is 19.8 Å². The van der Waals surface area contributed by atoms with Crippen molar-refractivity contribution in [3.63, 3.8) is 0 Å². The quantitative estimate of drug-likeness (QED) is 0.331. The fourth-order valence-electron chi connectivity index (χ4n) is 3.64. The molecule has 1 amide bonds. The highest BCUT2D eigenvalue weighted by molar-refractivity contribution is 7.10. The summed E-state index contributed by atoms with van der Waals surface area (Å²) in [4.78, 5) is 28.4. The van der Waals surface area contributed by atoms with Crippen molar-refractivity contribution in [2.24, 2.45) is 0 Å². The third-order valence-electron chi connectivity index (χ3n) is 5.03. The number of carbonyl (C=O) groups excluding carboxylic acids is 2. The molecule has 2 aromatic carbocycles. The lowest BCUT2D eigenvalue weighted by atomic mass is 9.98. The summed E-state index contributed by atoms with van der Waals surface area (Å²) in [5, 5.41) is 13.7. The first kappa shape index (κ1) is 21.0. The van der Waals surface area contributed by atoms with E-state index >= 15 is 0 Å². The average Bonchev–Trinajstić information content (AvgIpc) is 3.40. The van der Waals surface area contributed by atoms with E-state index in [4.69, 9.17) is 21.1 Å². The fourth-order valence-corrected chi connectivity index (χ4v) is 4.59. The number of methoxy groups -OCH3 is 2. The Morgan fingerprint density at radius 1 is 1.00 bits per heavy atom. The number of thiophene rings is 1. The second-order valence-corrected chi connectivity index (χ2v) is 8.11. The molecule has 6 nitrogen and oxygen atoms in total. The van der Waals surface area contributed by atoms with Crippen LogP contribution in [0, 0.1) is 0 Å².